The number of cyclic esters (lactones) is 1. The molecule has 14 heteroatoms. The zero-order valence-corrected chi connectivity index (χ0v) is 32.0. The SMILES string of the molecule is CC[C@@H]1OC(=O)[C@H](C)[C@H](O[C@H]2C[C@@](C)(OC)[C@@H](O)[C@H](C)O2)[C@H](C)[C@@H](O[C@@H]2O[C@@H](C)C[C@H](NC)[C@H]2O)[C@@](C)(O)C[C@@H](C)C(=O)[C@H](C)[C@@H](O)[C@]1(C)O. The summed E-state index contributed by atoms with van der Waals surface area (Å²) in [6, 6.07) is -0.375. The maximum atomic E-state index is 14.0. The molecule has 0 aliphatic carbocycles. The molecule has 0 amide bonds. The summed E-state index contributed by atoms with van der Waals surface area (Å²) in [4.78, 5) is 27.8. The van der Waals surface area contributed by atoms with Gasteiger partial charge in [-0.1, -0.05) is 27.7 Å². The number of esters is 1. The molecule has 50 heavy (non-hydrogen) atoms. The van der Waals surface area contributed by atoms with Crippen molar-refractivity contribution in [1.29, 1.82) is 0 Å². The van der Waals surface area contributed by atoms with Gasteiger partial charge in [-0.15, -0.1) is 0 Å². The number of methoxy groups -OCH3 is 1. The minimum Gasteiger partial charge on any atom is -0.459 e. The van der Waals surface area contributed by atoms with Gasteiger partial charge in [0.1, 0.15) is 29.7 Å². The molecular formula is C36H65NO13. The predicted octanol–water partition coefficient (Wildman–Crippen LogP) is 1.44. The van der Waals surface area contributed by atoms with Crippen molar-refractivity contribution in [3.63, 3.8) is 0 Å². The van der Waals surface area contributed by atoms with E-state index in [1.54, 1.807) is 48.6 Å². The standard InChI is InChI=1S/C36H65NO13/c1-13-24-36(10,44)29(40)19(4)26(38)17(2)15-34(8,43)31(50-33-27(39)23(37-11)14-18(3)46-33)20(5)28(21(6)32(42)48-24)49-25-16-35(9,45-12)30(41)22(7)47-25/h17-25,27-31,33,37,39-41,43-44H,13-16H2,1-12H3/t17-,18+,19+,20+,21-,22+,23+,24+,25+,27-,28-,29-,30+,31-,33+,34+,35-,36-/m1/s1. The first-order valence-electron chi connectivity index (χ1n) is 18.1. The summed E-state index contributed by atoms with van der Waals surface area (Å²) in [5.41, 5.74) is -4.84. The molecule has 0 bridgehead atoms. The van der Waals surface area contributed by atoms with Gasteiger partial charge in [0, 0.05) is 37.3 Å². The highest BCUT2D eigenvalue weighted by molar-refractivity contribution is 5.83. The van der Waals surface area contributed by atoms with Crippen LogP contribution in [0, 0.1) is 23.7 Å². The molecule has 0 aromatic heterocycles. The number of rotatable bonds is 7. The molecule has 3 heterocycles. The molecule has 292 valence electrons. The van der Waals surface area contributed by atoms with Gasteiger partial charge >= 0.3 is 5.97 Å². The number of Topliss-reactive ketones (excluding diaryl/α,β-unsaturated/α-hetero) is 1. The van der Waals surface area contributed by atoms with E-state index in [4.69, 9.17) is 28.4 Å². The van der Waals surface area contributed by atoms with Crippen molar-refractivity contribution in [2.75, 3.05) is 14.2 Å². The van der Waals surface area contributed by atoms with Crippen molar-refractivity contribution in [2.45, 2.75) is 179 Å². The minimum absolute atomic E-state index is 0.0929. The van der Waals surface area contributed by atoms with Gasteiger partial charge in [-0.3, -0.25) is 9.59 Å². The number of hydrogen-bond donors (Lipinski definition) is 6. The van der Waals surface area contributed by atoms with E-state index in [-0.39, 0.29) is 31.4 Å². The molecule has 3 saturated heterocycles. The average Bonchev–Trinajstić information content (AvgIpc) is 3.05. The number of nitrogens with one attached hydrogen (secondary N) is 1. The summed E-state index contributed by atoms with van der Waals surface area (Å²) >= 11 is 0. The molecule has 14 nitrogen and oxygen atoms in total. The summed E-state index contributed by atoms with van der Waals surface area (Å²) < 4.78 is 36.9. The Morgan fingerprint density at radius 2 is 1.52 bits per heavy atom. The Morgan fingerprint density at radius 3 is 2.08 bits per heavy atom. The van der Waals surface area contributed by atoms with Gasteiger partial charge in [-0.25, -0.2) is 0 Å². The lowest BCUT2D eigenvalue weighted by molar-refractivity contribution is -0.316. The van der Waals surface area contributed by atoms with Crippen molar-refractivity contribution in [2.24, 2.45) is 23.7 Å². The summed E-state index contributed by atoms with van der Waals surface area (Å²) in [5, 5.41) is 60.4. The van der Waals surface area contributed by atoms with Crippen molar-refractivity contribution in [1.82, 2.24) is 5.32 Å². The average molecular weight is 720 g/mol. The van der Waals surface area contributed by atoms with Gasteiger partial charge in [0.25, 0.3) is 0 Å². The zero-order valence-electron chi connectivity index (χ0n) is 32.0. The molecular weight excluding hydrogens is 654 g/mol. The van der Waals surface area contributed by atoms with Crippen molar-refractivity contribution in [3.8, 4) is 0 Å². The Bertz CT molecular complexity index is 1140. The Hall–Kier alpha value is -1.30. The highest BCUT2D eigenvalue weighted by Crippen LogP contribution is 2.40. The molecule has 0 aromatic rings. The van der Waals surface area contributed by atoms with E-state index in [1.807, 2.05) is 6.92 Å². The summed E-state index contributed by atoms with van der Waals surface area (Å²) in [7, 11) is 3.20. The fourth-order valence-corrected chi connectivity index (χ4v) is 8.21. The van der Waals surface area contributed by atoms with Crippen LogP contribution in [-0.2, 0) is 38.0 Å². The van der Waals surface area contributed by atoms with Gasteiger partial charge in [-0.2, -0.15) is 0 Å². The minimum atomic E-state index is -1.99. The number of aliphatic hydroxyl groups excluding tert-OH is 3. The van der Waals surface area contributed by atoms with Crippen LogP contribution in [0.3, 0.4) is 0 Å². The molecule has 3 rings (SSSR count). The van der Waals surface area contributed by atoms with Gasteiger partial charge < -0.3 is 59.3 Å². The highest BCUT2D eigenvalue weighted by Gasteiger charge is 2.53. The summed E-state index contributed by atoms with van der Waals surface area (Å²) in [5.74, 6) is -4.98. The molecule has 0 spiro atoms. The highest BCUT2D eigenvalue weighted by atomic mass is 16.7. The van der Waals surface area contributed by atoms with Crippen LogP contribution in [0.5, 0.6) is 0 Å². The number of hydrogen-bond acceptors (Lipinski definition) is 14. The van der Waals surface area contributed by atoms with E-state index < -0.39 is 108 Å². The van der Waals surface area contributed by atoms with E-state index in [9.17, 15) is 35.1 Å². The molecule has 3 fully saturated rings. The van der Waals surface area contributed by atoms with Crippen molar-refractivity contribution in [3.05, 3.63) is 0 Å². The Balaban J connectivity index is 2.17. The predicted molar refractivity (Wildman–Crippen MR) is 182 cm³/mol. The molecule has 3 aliphatic heterocycles. The van der Waals surface area contributed by atoms with Crippen LogP contribution in [0.4, 0.5) is 0 Å². The second-order valence-electron chi connectivity index (χ2n) is 15.8. The van der Waals surface area contributed by atoms with Crippen LogP contribution in [0.1, 0.15) is 94.9 Å². The van der Waals surface area contributed by atoms with Crippen LogP contribution in [0.25, 0.3) is 0 Å². The van der Waals surface area contributed by atoms with E-state index in [0.717, 1.165) is 0 Å². The molecule has 0 aromatic carbocycles. The molecule has 6 N–H and O–H groups in total. The quantitative estimate of drug-likeness (QED) is 0.206. The number of carbonyl (C=O) groups is 2. The Kier molecular flexibility index (Phi) is 14.5. The fraction of sp³-hybridized carbons (Fsp3) is 0.944. The smallest absolute Gasteiger partial charge is 0.311 e. The largest absolute Gasteiger partial charge is 0.459 e. The van der Waals surface area contributed by atoms with Crippen LogP contribution >= 0.6 is 0 Å². The van der Waals surface area contributed by atoms with E-state index in [2.05, 4.69) is 5.32 Å². The maximum absolute atomic E-state index is 14.0. The van der Waals surface area contributed by atoms with E-state index in [1.165, 1.54) is 27.9 Å². The zero-order chi connectivity index (χ0) is 38.1. The first kappa shape index (κ1) is 43.1. The number of carbonyl (C=O) groups excluding carboxylic acids is 2. The molecule has 0 radical (unpaired) electrons. The molecule has 3 aliphatic rings. The van der Waals surface area contributed by atoms with Gasteiger partial charge in [0.2, 0.25) is 0 Å². The third kappa shape index (κ3) is 9.07. The Morgan fingerprint density at radius 1 is 0.900 bits per heavy atom. The van der Waals surface area contributed by atoms with E-state index >= 15 is 0 Å². The molecule has 0 saturated carbocycles. The third-order valence-electron chi connectivity index (χ3n) is 11.6. The number of ether oxygens (including phenoxy) is 6. The lowest BCUT2D eigenvalue weighted by Crippen LogP contribution is -2.61. The first-order chi connectivity index (χ1) is 23.1. The normalized spacial score (nSPS) is 50.4. The number of ketones is 1. The second-order valence-corrected chi connectivity index (χ2v) is 15.8. The lowest BCUT2D eigenvalue weighted by atomic mass is 9.74. The van der Waals surface area contributed by atoms with Crippen molar-refractivity contribution < 1.29 is 63.5 Å². The second kappa shape index (κ2) is 16.8. The maximum Gasteiger partial charge on any atom is 0.311 e. The summed E-state index contributed by atoms with van der Waals surface area (Å²) in [6.45, 7) is 16.3. The Labute approximate surface area is 297 Å². The van der Waals surface area contributed by atoms with Crippen LogP contribution in [-0.4, -0.2) is 136 Å². The van der Waals surface area contributed by atoms with Crippen molar-refractivity contribution >= 4 is 11.8 Å². The molecule has 0 unspecified atom stereocenters. The van der Waals surface area contributed by atoms with Crippen LogP contribution in [0.2, 0.25) is 0 Å². The monoisotopic (exact) mass is 719 g/mol. The third-order valence-corrected chi connectivity index (χ3v) is 11.6. The number of aliphatic hydroxyl groups is 5. The fourth-order valence-electron chi connectivity index (χ4n) is 8.21. The molecule has 18 atom stereocenters. The van der Waals surface area contributed by atoms with Gasteiger partial charge in [0.15, 0.2) is 12.6 Å². The van der Waals surface area contributed by atoms with E-state index in [0.29, 0.717) is 6.42 Å². The summed E-state index contributed by atoms with van der Waals surface area (Å²) in [6.07, 6.45) is -9.76. The lowest BCUT2D eigenvalue weighted by Gasteiger charge is -2.48. The first-order valence-corrected chi connectivity index (χ1v) is 18.1. The van der Waals surface area contributed by atoms with Gasteiger partial charge in [-0.05, 0) is 67.9 Å². The van der Waals surface area contributed by atoms with Crippen LogP contribution in [0.15, 0.2) is 0 Å². The number of likely N-dealkylation sites (N-methyl/N-ethyl adjacent to an activating group) is 1. The van der Waals surface area contributed by atoms with Gasteiger partial charge in [0.05, 0.1) is 47.6 Å². The topological polar surface area (TPSA) is 203 Å². The van der Waals surface area contributed by atoms with Crippen LogP contribution < -0.4 is 5.32 Å².